The summed E-state index contributed by atoms with van der Waals surface area (Å²) < 4.78 is 0. The van der Waals surface area contributed by atoms with Gasteiger partial charge in [-0.1, -0.05) is 19.9 Å². The normalized spacial score (nSPS) is 31.6. The number of nitrogens with zero attached hydrogens (tertiary/aromatic N) is 2. The Bertz CT molecular complexity index is 457. The summed E-state index contributed by atoms with van der Waals surface area (Å²) in [4.78, 5) is 25.9. The number of Topliss-reactive ketones (excluding diaryl/α,β-unsaturated/α-hetero) is 1. The molecule has 1 fully saturated rings. The van der Waals surface area contributed by atoms with Crippen LogP contribution in [0.2, 0.25) is 0 Å². The molecular weight excluding hydrogens is 216 g/mol. The molecule has 4 nitrogen and oxygen atoms in total. The fourth-order valence-corrected chi connectivity index (χ4v) is 2.91. The smallest absolute Gasteiger partial charge is 0.229 e. The fraction of sp³-hybridized carbons (Fsp3) is 0.615. The van der Waals surface area contributed by atoms with Gasteiger partial charge in [0.15, 0.2) is 5.78 Å². The third-order valence-corrected chi connectivity index (χ3v) is 4.09. The summed E-state index contributed by atoms with van der Waals surface area (Å²) in [5, 5.41) is 8.97. The first kappa shape index (κ1) is 11.8. The highest BCUT2D eigenvalue weighted by Crippen LogP contribution is 2.45. The second-order valence-electron chi connectivity index (χ2n) is 5.42. The lowest BCUT2D eigenvalue weighted by atomic mass is 9.61. The number of carbonyl (C=O) groups is 2. The SMILES string of the molecule is CN1CCC2C(C=C(C#N)C(=O)C2(C)C)C1=O. The van der Waals surface area contributed by atoms with Crippen molar-refractivity contribution in [1.82, 2.24) is 4.90 Å². The van der Waals surface area contributed by atoms with Crippen LogP contribution in [0.25, 0.3) is 0 Å². The van der Waals surface area contributed by atoms with Crippen LogP contribution >= 0.6 is 0 Å². The Morgan fingerprint density at radius 3 is 2.71 bits per heavy atom. The van der Waals surface area contributed by atoms with Gasteiger partial charge in [0.25, 0.3) is 0 Å². The predicted molar refractivity (Wildman–Crippen MR) is 61.7 cm³/mol. The fourth-order valence-electron chi connectivity index (χ4n) is 2.91. The molecule has 0 aromatic carbocycles. The molecule has 0 aromatic rings. The average molecular weight is 232 g/mol. The molecule has 1 aliphatic heterocycles. The van der Waals surface area contributed by atoms with Gasteiger partial charge in [-0.25, -0.2) is 0 Å². The second-order valence-corrected chi connectivity index (χ2v) is 5.42. The van der Waals surface area contributed by atoms with Crippen LogP contribution in [0.4, 0.5) is 0 Å². The van der Waals surface area contributed by atoms with E-state index in [0.717, 1.165) is 6.42 Å². The van der Waals surface area contributed by atoms with Crippen LogP contribution in [0.5, 0.6) is 0 Å². The Morgan fingerprint density at radius 2 is 2.12 bits per heavy atom. The maximum absolute atomic E-state index is 12.1. The van der Waals surface area contributed by atoms with Gasteiger partial charge in [-0.3, -0.25) is 9.59 Å². The lowest BCUT2D eigenvalue weighted by Crippen LogP contribution is -2.52. The van der Waals surface area contributed by atoms with Crippen molar-refractivity contribution in [3.05, 3.63) is 11.6 Å². The molecule has 0 bridgehead atoms. The molecule has 1 amide bonds. The van der Waals surface area contributed by atoms with Crippen molar-refractivity contribution in [2.24, 2.45) is 17.3 Å². The van der Waals surface area contributed by atoms with E-state index in [1.54, 1.807) is 18.0 Å². The zero-order valence-corrected chi connectivity index (χ0v) is 10.4. The lowest BCUT2D eigenvalue weighted by molar-refractivity contribution is -0.143. The molecule has 0 saturated carbocycles. The third kappa shape index (κ3) is 1.57. The van der Waals surface area contributed by atoms with Crippen molar-refractivity contribution in [3.8, 4) is 6.07 Å². The van der Waals surface area contributed by atoms with Crippen LogP contribution < -0.4 is 0 Å². The Hall–Kier alpha value is -1.63. The van der Waals surface area contributed by atoms with Gasteiger partial charge in [-0.15, -0.1) is 0 Å². The van der Waals surface area contributed by atoms with Crippen LogP contribution in [0, 0.1) is 28.6 Å². The number of fused-ring (bicyclic) bond motifs is 1. The van der Waals surface area contributed by atoms with E-state index >= 15 is 0 Å². The van der Waals surface area contributed by atoms with E-state index < -0.39 is 5.41 Å². The van der Waals surface area contributed by atoms with E-state index in [4.69, 9.17) is 5.26 Å². The molecule has 2 atom stereocenters. The molecule has 0 N–H and O–H groups in total. The number of amides is 1. The van der Waals surface area contributed by atoms with Gasteiger partial charge < -0.3 is 4.90 Å². The summed E-state index contributed by atoms with van der Waals surface area (Å²) in [5.41, 5.74) is -0.471. The number of likely N-dealkylation sites (tertiary alicyclic amines) is 1. The molecule has 90 valence electrons. The van der Waals surface area contributed by atoms with Gasteiger partial charge >= 0.3 is 0 Å². The van der Waals surface area contributed by atoms with E-state index in [2.05, 4.69) is 0 Å². The summed E-state index contributed by atoms with van der Waals surface area (Å²) in [6.45, 7) is 4.37. The molecule has 17 heavy (non-hydrogen) atoms. The highest BCUT2D eigenvalue weighted by Gasteiger charge is 2.50. The van der Waals surface area contributed by atoms with E-state index in [1.165, 1.54) is 0 Å². The molecule has 4 heteroatoms. The first-order chi connectivity index (χ1) is 7.89. The Balaban J connectivity index is 2.49. The van der Waals surface area contributed by atoms with Gasteiger partial charge in [0, 0.05) is 19.0 Å². The molecule has 1 saturated heterocycles. The molecule has 1 heterocycles. The molecule has 0 spiro atoms. The Kier molecular flexibility index (Phi) is 2.57. The highest BCUT2D eigenvalue weighted by molar-refractivity contribution is 6.05. The van der Waals surface area contributed by atoms with Crippen LogP contribution in [0.3, 0.4) is 0 Å². The van der Waals surface area contributed by atoms with Gasteiger partial charge in [0.1, 0.15) is 6.07 Å². The maximum atomic E-state index is 12.1. The van der Waals surface area contributed by atoms with Crippen LogP contribution in [-0.4, -0.2) is 30.2 Å². The number of allylic oxidation sites excluding steroid dienone is 1. The lowest BCUT2D eigenvalue weighted by Gasteiger charge is -2.45. The Labute approximate surface area is 101 Å². The quantitative estimate of drug-likeness (QED) is 0.629. The maximum Gasteiger partial charge on any atom is 0.229 e. The van der Waals surface area contributed by atoms with Crippen molar-refractivity contribution >= 4 is 11.7 Å². The predicted octanol–water partition coefficient (Wildman–Crippen LogP) is 1.14. The summed E-state index contributed by atoms with van der Waals surface area (Å²) in [7, 11) is 1.77. The van der Waals surface area contributed by atoms with E-state index in [9.17, 15) is 9.59 Å². The van der Waals surface area contributed by atoms with E-state index in [1.807, 2.05) is 19.9 Å². The standard InChI is InChI=1S/C13H16N2O2/c1-13(2)10-4-5-15(3)12(17)9(10)6-8(7-14)11(13)16/h6,9-10H,4-5H2,1-3H3. The largest absolute Gasteiger partial charge is 0.345 e. The number of ketones is 1. The van der Waals surface area contributed by atoms with Gasteiger partial charge in [-0.05, 0) is 12.3 Å². The summed E-state index contributed by atoms with van der Waals surface area (Å²) >= 11 is 0. The average Bonchev–Trinajstić information content (AvgIpc) is 2.28. The molecule has 2 unspecified atom stereocenters. The van der Waals surface area contributed by atoms with Gasteiger partial charge in [0.05, 0.1) is 11.5 Å². The first-order valence-electron chi connectivity index (χ1n) is 5.81. The topological polar surface area (TPSA) is 61.2 Å². The molecule has 2 aliphatic rings. The summed E-state index contributed by atoms with van der Waals surface area (Å²) in [6, 6.07) is 1.92. The monoisotopic (exact) mass is 232 g/mol. The van der Waals surface area contributed by atoms with Crippen molar-refractivity contribution in [2.75, 3.05) is 13.6 Å². The van der Waals surface area contributed by atoms with Gasteiger partial charge in [-0.2, -0.15) is 5.26 Å². The van der Waals surface area contributed by atoms with Crippen LogP contribution in [-0.2, 0) is 9.59 Å². The zero-order valence-electron chi connectivity index (χ0n) is 10.4. The van der Waals surface area contributed by atoms with E-state index in [-0.39, 0.29) is 29.1 Å². The number of piperidine rings is 1. The number of carbonyl (C=O) groups excluding carboxylic acids is 2. The first-order valence-corrected chi connectivity index (χ1v) is 5.81. The number of hydrogen-bond donors (Lipinski definition) is 0. The molecule has 2 rings (SSSR count). The minimum Gasteiger partial charge on any atom is -0.345 e. The zero-order chi connectivity index (χ0) is 12.8. The molecular formula is C13H16N2O2. The van der Waals surface area contributed by atoms with Crippen LogP contribution in [0.15, 0.2) is 11.6 Å². The van der Waals surface area contributed by atoms with Crippen molar-refractivity contribution in [2.45, 2.75) is 20.3 Å². The van der Waals surface area contributed by atoms with Crippen molar-refractivity contribution < 1.29 is 9.59 Å². The molecule has 0 radical (unpaired) electrons. The Morgan fingerprint density at radius 1 is 1.47 bits per heavy atom. The van der Waals surface area contributed by atoms with Crippen molar-refractivity contribution in [3.63, 3.8) is 0 Å². The summed E-state index contributed by atoms with van der Waals surface area (Å²) in [5.74, 6) is -0.389. The molecule has 0 aromatic heterocycles. The minimum absolute atomic E-state index is 0.0228. The van der Waals surface area contributed by atoms with Gasteiger partial charge in [0.2, 0.25) is 5.91 Å². The van der Waals surface area contributed by atoms with E-state index in [0.29, 0.717) is 6.54 Å². The summed E-state index contributed by atoms with van der Waals surface area (Å²) in [6.07, 6.45) is 2.39. The number of rotatable bonds is 0. The third-order valence-electron chi connectivity index (χ3n) is 4.09. The minimum atomic E-state index is -0.610. The second kappa shape index (κ2) is 3.69. The highest BCUT2D eigenvalue weighted by atomic mass is 16.2. The van der Waals surface area contributed by atoms with Crippen molar-refractivity contribution in [1.29, 1.82) is 5.26 Å². The molecule has 1 aliphatic carbocycles. The number of nitriles is 1. The number of hydrogen-bond acceptors (Lipinski definition) is 3. The van der Waals surface area contributed by atoms with Crippen LogP contribution in [0.1, 0.15) is 20.3 Å².